The Morgan fingerprint density at radius 3 is 3.00 bits per heavy atom. The third-order valence-corrected chi connectivity index (χ3v) is 3.85. The number of hydrogen-bond donors (Lipinski definition) is 1. The number of nitrogens with zero attached hydrogens (tertiary/aromatic N) is 2. The second-order valence-corrected chi connectivity index (χ2v) is 5.33. The fourth-order valence-corrected chi connectivity index (χ4v) is 2.62. The van der Waals surface area contributed by atoms with Crippen LogP contribution in [-0.4, -0.2) is 23.6 Å². The van der Waals surface area contributed by atoms with Crippen LogP contribution in [0.1, 0.15) is 38.2 Å². The van der Waals surface area contributed by atoms with E-state index in [1.807, 2.05) is 12.3 Å². The first kappa shape index (κ1) is 11.0. The minimum Gasteiger partial charge on any atom is -0.354 e. The average Bonchev–Trinajstić information content (AvgIpc) is 3.09. The Balaban J connectivity index is 1.76. The SMILES string of the molecule is CC1CCCN1c1ncccc1CNC1CC1. The van der Waals surface area contributed by atoms with Crippen molar-refractivity contribution >= 4 is 5.82 Å². The minimum absolute atomic E-state index is 0.643. The van der Waals surface area contributed by atoms with Gasteiger partial charge in [-0.3, -0.25) is 0 Å². The maximum absolute atomic E-state index is 4.60. The monoisotopic (exact) mass is 231 g/mol. The van der Waals surface area contributed by atoms with Crippen molar-refractivity contribution in [2.45, 2.75) is 51.2 Å². The summed E-state index contributed by atoms with van der Waals surface area (Å²) in [6.07, 6.45) is 7.20. The Morgan fingerprint density at radius 2 is 2.29 bits per heavy atom. The molecule has 1 saturated heterocycles. The van der Waals surface area contributed by atoms with Gasteiger partial charge in [-0.2, -0.15) is 0 Å². The average molecular weight is 231 g/mol. The minimum atomic E-state index is 0.643. The zero-order chi connectivity index (χ0) is 11.7. The van der Waals surface area contributed by atoms with Gasteiger partial charge in [-0.1, -0.05) is 6.07 Å². The molecule has 3 heteroatoms. The summed E-state index contributed by atoms with van der Waals surface area (Å²) in [6.45, 7) is 4.44. The molecule has 1 atom stereocenters. The van der Waals surface area contributed by atoms with Gasteiger partial charge in [0.2, 0.25) is 0 Å². The summed E-state index contributed by atoms with van der Waals surface area (Å²) >= 11 is 0. The van der Waals surface area contributed by atoms with E-state index in [0.717, 1.165) is 19.1 Å². The Morgan fingerprint density at radius 1 is 1.41 bits per heavy atom. The molecular formula is C14H21N3. The number of pyridine rings is 1. The fourth-order valence-electron chi connectivity index (χ4n) is 2.62. The Hall–Kier alpha value is -1.09. The molecule has 2 fully saturated rings. The van der Waals surface area contributed by atoms with Crippen LogP contribution in [0, 0.1) is 0 Å². The highest BCUT2D eigenvalue weighted by Gasteiger charge is 2.25. The molecule has 1 aliphatic carbocycles. The quantitative estimate of drug-likeness (QED) is 0.862. The van der Waals surface area contributed by atoms with Gasteiger partial charge in [-0.25, -0.2) is 4.98 Å². The molecule has 1 aliphatic heterocycles. The zero-order valence-electron chi connectivity index (χ0n) is 10.5. The van der Waals surface area contributed by atoms with Gasteiger partial charge < -0.3 is 10.2 Å². The summed E-state index contributed by atoms with van der Waals surface area (Å²) in [7, 11) is 0. The summed E-state index contributed by atoms with van der Waals surface area (Å²) in [5.74, 6) is 1.20. The van der Waals surface area contributed by atoms with Crippen molar-refractivity contribution in [3.8, 4) is 0 Å². The molecule has 2 heterocycles. The van der Waals surface area contributed by atoms with Crippen molar-refractivity contribution in [3.63, 3.8) is 0 Å². The van der Waals surface area contributed by atoms with E-state index in [1.165, 1.54) is 37.1 Å². The molecule has 0 radical (unpaired) electrons. The summed E-state index contributed by atoms with van der Waals surface area (Å²) < 4.78 is 0. The normalized spacial score (nSPS) is 24.3. The zero-order valence-corrected chi connectivity index (χ0v) is 10.5. The lowest BCUT2D eigenvalue weighted by molar-refractivity contribution is 0.673. The molecule has 3 rings (SSSR count). The van der Waals surface area contributed by atoms with Gasteiger partial charge in [0.05, 0.1) is 0 Å². The largest absolute Gasteiger partial charge is 0.354 e. The number of anilines is 1. The Kier molecular flexibility index (Phi) is 3.02. The van der Waals surface area contributed by atoms with E-state index < -0.39 is 0 Å². The molecule has 2 aliphatic rings. The molecule has 1 aromatic heterocycles. The smallest absolute Gasteiger partial charge is 0.133 e. The van der Waals surface area contributed by atoms with E-state index in [9.17, 15) is 0 Å². The van der Waals surface area contributed by atoms with Crippen LogP contribution >= 0.6 is 0 Å². The molecule has 3 nitrogen and oxygen atoms in total. The molecule has 1 saturated carbocycles. The summed E-state index contributed by atoms with van der Waals surface area (Å²) in [5.41, 5.74) is 1.35. The van der Waals surface area contributed by atoms with Crippen LogP contribution in [0.4, 0.5) is 5.82 Å². The van der Waals surface area contributed by atoms with Crippen LogP contribution < -0.4 is 10.2 Å². The van der Waals surface area contributed by atoms with Crippen LogP contribution in [0.25, 0.3) is 0 Å². The van der Waals surface area contributed by atoms with Crippen LogP contribution in [0.5, 0.6) is 0 Å². The summed E-state index contributed by atoms with van der Waals surface area (Å²) in [6, 6.07) is 5.67. The third-order valence-electron chi connectivity index (χ3n) is 3.85. The van der Waals surface area contributed by atoms with E-state index in [2.05, 4.69) is 28.2 Å². The standard InChI is InChI=1S/C14H21N3/c1-11-4-3-9-17(11)14-12(5-2-8-15-14)10-16-13-6-7-13/h2,5,8,11,13,16H,3-4,6-7,9-10H2,1H3. The first-order valence-electron chi connectivity index (χ1n) is 6.78. The first-order valence-corrected chi connectivity index (χ1v) is 6.78. The van der Waals surface area contributed by atoms with Crippen molar-refractivity contribution in [3.05, 3.63) is 23.9 Å². The predicted octanol–water partition coefficient (Wildman–Crippen LogP) is 2.32. The lowest BCUT2D eigenvalue weighted by Gasteiger charge is -2.25. The van der Waals surface area contributed by atoms with Crippen LogP contribution in [0.15, 0.2) is 18.3 Å². The second kappa shape index (κ2) is 4.65. The van der Waals surface area contributed by atoms with E-state index in [-0.39, 0.29) is 0 Å². The molecule has 17 heavy (non-hydrogen) atoms. The molecule has 1 unspecified atom stereocenters. The third kappa shape index (κ3) is 2.44. The highest BCUT2D eigenvalue weighted by molar-refractivity contribution is 5.48. The predicted molar refractivity (Wildman–Crippen MR) is 70.1 cm³/mol. The molecule has 92 valence electrons. The molecular weight excluding hydrogens is 210 g/mol. The topological polar surface area (TPSA) is 28.2 Å². The number of hydrogen-bond acceptors (Lipinski definition) is 3. The molecule has 0 spiro atoms. The molecule has 0 aromatic carbocycles. The Labute approximate surface area is 103 Å². The second-order valence-electron chi connectivity index (χ2n) is 5.33. The van der Waals surface area contributed by atoms with E-state index in [4.69, 9.17) is 0 Å². The van der Waals surface area contributed by atoms with E-state index in [1.54, 1.807) is 0 Å². The highest BCUT2D eigenvalue weighted by atomic mass is 15.2. The molecule has 1 N–H and O–H groups in total. The van der Waals surface area contributed by atoms with Crippen LogP contribution in [0.2, 0.25) is 0 Å². The van der Waals surface area contributed by atoms with Gasteiger partial charge in [0.25, 0.3) is 0 Å². The lowest BCUT2D eigenvalue weighted by Crippen LogP contribution is -2.29. The van der Waals surface area contributed by atoms with E-state index in [0.29, 0.717) is 6.04 Å². The van der Waals surface area contributed by atoms with E-state index >= 15 is 0 Å². The number of aromatic nitrogens is 1. The van der Waals surface area contributed by atoms with Gasteiger partial charge in [0.15, 0.2) is 0 Å². The molecule has 1 aromatic rings. The summed E-state index contributed by atoms with van der Waals surface area (Å²) in [4.78, 5) is 7.06. The molecule has 0 bridgehead atoms. The highest BCUT2D eigenvalue weighted by Crippen LogP contribution is 2.27. The maximum atomic E-state index is 4.60. The lowest BCUT2D eigenvalue weighted by atomic mass is 10.2. The Bertz CT molecular complexity index is 387. The van der Waals surface area contributed by atoms with Crippen molar-refractivity contribution in [2.24, 2.45) is 0 Å². The van der Waals surface area contributed by atoms with Crippen molar-refractivity contribution in [2.75, 3.05) is 11.4 Å². The van der Waals surface area contributed by atoms with Gasteiger partial charge in [-0.05, 0) is 38.7 Å². The van der Waals surface area contributed by atoms with Crippen molar-refractivity contribution < 1.29 is 0 Å². The van der Waals surface area contributed by atoms with Gasteiger partial charge >= 0.3 is 0 Å². The van der Waals surface area contributed by atoms with Crippen LogP contribution in [0.3, 0.4) is 0 Å². The first-order chi connectivity index (χ1) is 8.34. The van der Waals surface area contributed by atoms with Crippen molar-refractivity contribution in [1.82, 2.24) is 10.3 Å². The van der Waals surface area contributed by atoms with Gasteiger partial charge in [0.1, 0.15) is 5.82 Å². The van der Waals surface area contributed by atoms with Gasteiger partial charge in [-0.15, -0.1) is 0 Å². The number of rotatable bonds is 4. The molecule has 0 amide bonds. The number of nitrogens with one attached hydrogen (secondary N) is 1. The summed E-state index contributed by atoms with van der Waals surface area (Å²) in [5, 5.41) is 3.58. The van der Waals surface area contributed by atoms with Crippen molar-refractivity contribution in [1.29, 1.82) is 0 Å². The van der Waals surface area contributed by atoms with Gasteiger partial charge in [0, 0.05) is 36.9 Å². The maximum Gasteiger partial charge on any atom is 0.133 e. The van der Waals surface area contributed by atoms with Crippen LogP contribution in [-0.2, 0) is 6.54 Å². The fraction of sp³-hybridized carbons (Fsp3) is 0.643.